The minimum Gasteiger partial charge on any atom is -0.316 e. The van der Waals surface area contributed by atoms with Crippen LogP contribution in [-0.4, -0.2) is 6.34 Å². The predicted molar refractivity (Wildman–Crippen MR) is 51.5 cm³/mol. The molecule has 2 heterocycles. The smallest absolute Gasteiger partial charge is 0.121 e. The maximum Gasteiger partial charge on any atom is 0.121 e. The topological polar surface area (TPSA) is 24.4 Å². The van der Waals surface area contributed by atoms with E-state index in [0.29, 0.717) is 8.67 Å². The van der Waals surface area contributed by atoms with Gasteiger partial charge in [0.05, 0.1) is 11.2 Å². The van der Waals surface area contributed by atoms with Gasteiger partial charge in [-0.15, -0.1) is 11.3 Å². The number of hydrogen-bond donors (Lipinski definition) is 1. The van der Waals surface area contributed by atoms with E-state index in [0.717, 1.165) is 10.6 Å². The molecule has 1 aliphatic rings. The van der Waals surface area contributed by atoms with Crippen LogP contribution in [0.2, 0.25) is 8.67 Å². The zero-order chi connectivity index (χ0) is 7.84. The van der Waals surface area contributed by atoms with Crippen molar-refractivity contribution in [3.05, 3.63) is 8.67 Å². The fraction of sp³-hybridized carbons (Fsp3) is 0. The molecule has 0 spiro atoms. The van der Waals surface area contributed by atoms with Gasteiger partial charge in [0.1, 0.15) is 14.4 Å². The molecule has 0 unspecified atom stereocenters. The van der Waals surface area contributed by atoms with Crippen molar-refractivity contribution >= 4 is 58.5 Å². The molecule has 11 heavy (non-hydrogen) atoms. The lowest BCUT2D eigenvalue weighted by molar-refractivity contribution is 1.37. The molecule has 0 fully saturated rings. The molecule has 0 aromatic carbocycles. The molecule has 0 amide bonds. The molecule has 0 bridgehead atoms. The van der Waals surface area contributed by atoms with Gasteiger partial charge < -0.3 is 4.72 Å². The highest BCUT2D eigenvalue weighted by Gasteiger charge is 2.17. The number of thiophene rings is 1. The summed E-state index contributed by atoms with van der Waals surface area (Å²) in [5.41, 5.74) is 0.783. The molecule has 0 saturated heterocycles. The van der Waals surface area contributed by atoms with Crippen LogP contribution in [0.15, 0.2) is 9.89 Å². The van der Waals surface area contributed by atoms with E-state index in [9.17, 15) is 0 Å². The molecule has 0 radical (unpaired) electrons. The maximum atomic E-state index is 5.86. The monoisotopic (exact) mass is 224 g/mol. The summed E-state index contributed by atoms with van der Waals surface area (Å²) >= 11 is 14.5. The Labute approximate surface area is 81.7 Å². The SMILES string of the molecule is Clc1sc(Cl)c2c1N=CNS2. The second-order valence-corrected chi connectivity index (χ2v) is 4.88. The number of halogens is 2. The summed E-state index contributed by atoms with van der Waals surface area (Å²) < 4.78 is 4.23. The average Bonchev–Trinajstić information content (AvgIpc) is 2.30. The zero-order valence-corrected chi connectivity index (χ0v) is 8.24. The molecule has 6 heteroatoms. The third-order valence-corrected chi connectivity index (χ3v) is 3.82. The van der Waals surface area contributed by atoms with Crippen LogP contribution in [0.5, 0.6) is 0 Å². The van der Waals surface area contributed by atoms with Gasteiger partial charge in [-0.05, 0) is 11.9 Å². The van der Waals surface area contributed by atoms with Crippen molar-refractivity contribution in [2.45, 2.75) is 4.90 Å². The molecule has 1 N–H and O–H groups in total. The first kappa shape index (κ1) is 7.73. The van der Waals surface area contributed by atoms with Crippen molar-refractivity contribution < 1.29 is 0 Å². The van der Waals surface area contributed by atoms with Crippen molar-refractivity contribution in [2.24, 2.45) is 4.99 Å². The van der Waals surface area contributed by atoms with Crippen molar-refractivity contribution in [1.82, 2.24) is 4.72 Å². The van der Waals surface area contributed by atoms with Crippen LogP contribution in [0.25, 0.3) is 0 Å². The Morgan fingerprint density at radius 3 is 2.91 bits per heavy atom. The minimum absolute atomic E-state index is 0.648. The summed E-state index contributed by atoms with van der Waals surface area (Å²) in [5, 5.41) is 0. The van der Waals surface area contributed by atoms with Crippen LogP contribution in [0, 0.1) is 0 Å². The van der Waals surface area contributed by atoms with Gasteiger partial charge in [-0.25, -0.2) is 4.99 Å². The number of fused-ring (bicyclic) bond motifs is 1. The highest BCUT2D eigenvalue weighted by molar-refractivity contribution is 7.98. The first-order chi connectivity index (χ1) is 5.29. The van der Waals surface area contributed by atoms with Gasteiger partial charge in [0.2, 0.25) is 0 Å². The molecule has 2 nitrogen and oxygen atoms in total. The number of nitrogens with zero attached hydrogens (tertiary/aromatic N) is 1. The van der Waals surface area contributed by atoms with Crippen LogP contribution < -0.4 is 4.72 Å². The van der Waals surface area contributed by atoms with Crippen LogP contribution in [0.3, 0.4) is 0 Å². The van der Waals surface area contributed by atoms with E-state index in [1.165, 1.54) is 23.3 Å². The Hall–Kier alpha value is 0.100. The summed E-state index contributed by atoms with van der Waals surface area (Å²) in [6.45, 7) is 0. The van der Waals surface area contributed by atoms with E-state index >= 15 is 0 Å². The summed E-state index contributed by atoms with van der Waals surface area (Å²) in [7, 11) is 0. The molecule has 1 aliphatic heterocycles. The third kappa shape index (κ3) is 1.24. The van der Waals surface area contributed by atoms with E-state index in [1.54, 1.807) is 6.34 Å². The van der Waals surface area contributed by atoms with Gasteiger partial charge in [-0.1, -0.05) is 23.2 Å². The Balaban J connectivity index is 2.63. The van der Waals surface area contributed by atoms with Gasteiger partial charge in [0.15, 0.2) is 0 Å². The fourth-order valence-electron chi connectivity index (χ4n) is 0.730. The molecule has 1 aromatic heterocycles. The van der Waals surface area contributed by atoms with Crippen LogP contribution in [0.4, 0.5) is 5.69 Å². The maximum absolute atomic E-state index is 5.86. The lowest BCUT2D eigenvalue weighted by Crippen LogP contribution is -2.01. The molecule has 0 atom stereocenters. The number of nitrogens with one attached hydrogen (secondary N) is 1. The van der Waals surface area contributed by atoms with E-state index < -0.39 is 0 Å². The highest BCUT2D eigenvalue weighted by atomic mass is 35.5. The second-order valence-electron chi connectivity index (χ2n) is 1.81. The molecule has 58 valence electrons. The van der Waals surface area contributed by atoms with Gasteiger partial charge in [-0.3, -0.25) is 0 Å². The molecule has 2 rings (SSSR count). The summed E-state index contributed by atoms with van der Waals surface area (Å²) in [5.74, 6) is 0. The van der Waals surface area contributed by atoms with Crippen LogP contribution in [0.1, 0.15) is 0 Å². The first-order valence-electron chi connectivity index (χ1n) is 2.71. The molecular formula is C5H2Cl2N2S2. The minimum atomic E-state index is 0.648. The van der Waals surface area contributed by atoms with E-state index in [4.69, 9.17) is 23.2 Å². The van der Waals surface area contributed by atoms with Gasteiger partial charge in [0.25, 0.3) is 0 Å². The van der Waals surface area contributed by atoms with E-state index in [2.05, 4.69) is 9.71 Å². The largest absolute Gasteiger partial charge is 0.316 e. The Kier molecular flexibility index (Phi) is 2.01. The molecule has 0 saturated carbocycles. The normalized spacial score (nSPS) is 14.4. The predicted octanol–water partition coefficient (Wildman–Crippen LogP) is 3.33. The van der Waals surface area contributed by atoms with Crippen molar-refractivity contribution in [1.29, 1.82) is 0 Å². The lowest BCUT2D eigenvalue weighted by Gasteiger charge is -2.04. The fourth-order valence-corrected chi connectivity index (χ4v) is 3.18. The second kappa shape index (κ2) is 2.86. The van der Waals surface area contributed by atoms with Crippen LogP contribution in [-0.2, 0) is 0 Å². The first-order valence-corrected chi connectivity index (χ1v) is 5.10. The Bertz CT molecular complexity index is 321. The van der Waals surface area contributed by atoms with Crippen LogP contribution >= 0.6 is 46.5 Å². The Morgan fingerprint density at radius 1 is 1.36 bits per heavy atom. The van der Waals surface area contributed by atoms with Gasteiger partial charge in [-0.2, -0.15) is 0 Å². The zero-order valence-electron chi connectivity index (χ0n) is 5.10. The van der Waals surface area contributed by atoms with Crippen molar-refractivity contribution in [3.8, 4) is 0 Å². The molecule has 0 aliphatic carbocycles. The van der Waals surface area contributed by atoms with Crippen molar-refractivity contribution in [3.63, 3.8) is 0 Å². The highest BCUT2D eigenvalue weighted by Crippen LogP contribution is 2.47. The van der Waals surface area contributed by atoms with E-state index in [-0.39, 0.29) is 0 Å². The average molecular weight is 225 g/mol. The summed E-state index contributed by atoms with van der Waals surface area (Å²) in [6.07, 6.45) is 1.60. The standard InChI is InChI=1S/C5H2Cl2N2S2/c6-4-2-3(5(7)10-4)11-9-1-8-2/h1H,(H,8,9). The van der Waals surface area contributed by atoms with Gasteiger partial charge in [0, 0.05) is 0 Å². The molecular weight excluding hydrogens is 223 g/mol. The van der Waals surface area contributed by atoms with Crippen molar-refractivity contribution in [2.75, 3.05) is 0 Å². The Morgan fingerprint density at radius 2 is 2.18 bits per heavy atom. The van der Waals surface area contributed by atoms with E-state index in [1.807, 2.05) is 0 Å². The summed E-state index contributed by atoms with van der Waals surface area (Å²) in [4.78, 5) is 4.97. The molecule has 1 aromatic rings. The number of hydrogen-bond acceptors (Lipinski definition) is 4. The van der Waals surface area contributed by atoms with Gasteiger partial charge >= 0.3 is 0 Å². The number of aliphatic imine (C=N–C) groups is 1. The summed E-state index contributed by atoms with van der Waals surface area (Å²) in [6, 6.07) is 0. The quantitative estimate of drug-likeness (QED) is 0.685. The lowest BCUT2D eigenvalue weighted by atomic mass is 10.5. The third-order valence-electron chi connectivity index (χ3n) is 1.17. The number of rotatable bonds is 0.